The highest BCUT2D eigenvalue weighted by Gasteiger charge is 2.17. The third-order valence-electron chi connectivity index (χ3n) is 3.90. The van der Waals surface area contributed by atoms with Crippen molar-refractivity contribution in [2.75, 3.05) is 5.32 Å². The van der Waals surface area contributed by atoms with Gasteiger partial charge in [-0.2, -0.15) is 4.68 Å². The largest absolute Gasteiger partial charge is 0.326 e. The maximum Gasteiger partial charge on any atom is 0.277 e. The number of thiazole rings is 1. The number of anilines is 1. The molecule has 26 heavy (non-hydrogen) atoms. The van der Waals surface area contributed by atoms with Gasteiger partial charge >= 0.3 is 0 Å². The zero-order valence-corrected chi connectivity index (χ0v) is 15.4. The molecule has 134 valence electrons. The number of aryl methyl sites for hydroxylation is 2. The number of aromatic amines is 1. The van der Waals surface area contributed by atoms with Gasteiger partial charge in [0.2, 0.25) is 11.0 Å². The van der Waals surface area contributed by atoms with Gasteiger partial charge in [0.1, 0.15) is 0 Å². The van der Waals surface area contributed by atoms with E-state index in [0.717, 1.165) is 5.69 Å². The van der Waals surface area contributed by atoms with Crippen molar-refractivity contribution >= 4 is 28.7 Å². The smallest absolute Gasteiger partial charge is 0.277 e. The van der Waals surface area contributed by atoms with Crippen molar-refractivity contribution in [3.63, 3.8) is 0 Å². The van der Waals surface area contributed by atoms with Gasteiger partial charge in [-0.3, -0.25) is 19.5 Å². The van der Waals surface area contributed by atoms with Crippen LogP contribution in [0.25, 0.3) is 5.13 Å². The maximum atomic E-state index is 12.6. The molecule has 2 heterocycles. The average molecular weight is 370 g/mol. The molecule has 0 aliphatic rings. The standard InChI is InChI=1S/C18H18N4O3S/c1-10-9-26-18(19-10)22-17(25)15(11(2)21-22)8-16(24)20-14-6-4-13(5-7-14)12(3)23/h4-7,9,21H,8H2,1-3H3,(H,20,24). The quantitative estimate of drug-likeness (QED) is 0.675. The topological polar surface area (TPSA) is 96.8 Å². The van der Waals surface area contributed by atoms with Crippen LogP contribution in [0.1, 0.15) is 34.2 Å². The van der Waals surface area contributed by atoms with Gasteiger partial charge in [-0.1, -0.05) is 0 Å². The molecular weight excluding hydrogens is 352 g/mol. The highest BCUT2D eigenvalue weighted by molar-refractivity contribution is 7.12. The van der Waals surface area contributed by atoms with Gasteiger partial charge in [0.05, 0.1) is 12.1 Å². The van der Waals surface area contributed by atoms with Gasteiger partial charge in [-0.05, 0) is 45.0 Å². The number of hydrogen-bond acceptors (Lipinski definition) is 5. The molecule has 3 rings (SSSR count). The third kappa shape index (κ3) is 3.65. The summed E-state index contributed by atoms with van der Waals surface area (Å²) in [5.41, 5.74) is 2.73. The summed E-state index contributed by atoms with van der Waals surface area (Å²) in [6, 6.07) is 6.62. The molecule has 8 heteroatoms. The molecule has 3 aromatic rings. The monoisotopic (exact) mass is 370 g/mol. The summed E-state index contributed by atoms with van der Waals surface area (Å²) >= 11 is 1.36. The minimum atomic E-state index is -0.303. The van der Waals surface area contributed by atoms with Crippen LogP contribution < -0.4 is 10.9 Å². The van der Waals surface area contributed by atoms with Crippen molar-refractivity contribution in [3.05, 3.63) is 62.5 Å². The first-order valence-corrected chi connectivity index (χ1v) is 8.87. The van der Waals surface area contributed by atoms with Crippen molar-refractivity contribution in [2.45, 2.75) is 27.2 Å². The summed E-state index contributed by atoms with van der Waals surface area (Å²) in [5.74, 6) is -0.342. The summed E-state index contributed by atoms with van der Waals surface area (Å²) in [5, 5.41) is 8.10. The summed E-state index contributed by atoms with van der Waals surface area (Å²) in [4.78, 5) is 40.5. The fourth-order valence-electron chi connectivity index (χ4n) is 2.52. The van der Waals surface area contributed by atoms with Crippen LogP contribution in [0.5, 0.6) is 0 Å². The van der Waals surface area contributed by atoms with Gasteiger partial charge in [0, 0.05) is 27.9 Å². The van der Waals surface area contributed by atoms with E-state index in [1.165, 1.54) is 22.9 Å². The molecule has 0 spiro atoms. The van der Waals surface area contributed by atoms with Crippen LogP contribution in [-0.4, -0.2) is 26.5 Å². The number of Topliss-reactive ketones (excluding diaryl/α,β-unsaturated/α-hetero) is 1. The Morgan fingerprint density at radius 3 is 2.50 bits per heavy atom. The molecule has 0 radical (unpaired) electrons. The summed E-state index contributed by atoms with van der Waals surface area (Å²) in [6.45, 7) is 5.09. The van der Waals surface area contributed by atoms with E-state index in [4.69, 9.17) is 0 Å². The van der Waals surface area contributed by atoms with E-state index in [1.807, 2.05) is 12.3 Å². The van der Waals surface area contributed by atoms with Crippen molar-refractivity contribution in [2.24, 2.45) is 0 Å². The number of H-pyrrole nitrogens is 1. The van der Waals surface area contributed by atoms with E-state index in [0.29, 0.717) is 27.6 Å². The van der Waals surface area contributed by atoms with E-state index < -0.39 is 0 Å². The van der Waals surface area contributed by atoms with Gasteiger partial charge in [0.15, 0.2) is 5.78 Å². The minimum absolute atomic E-state index is 0.0381. The van der Waals surface area contributed by atoms with Crippen LogP contribution in [0.4, 0.5) is 5.69 Å². The van der Waals surface area contributed by atoms with Crippen molar-refractivity contribution in [1.82, 2.24) is 14.8 Å². The molecule has 2 aromatic heterocycles. The van der Waals surface area contributed by atoms with Gasteiger partial charge in [-0.15, -0.1) is 11.3 Å². The number of aromatic nitrogens is 3. The Balaban J connectivity index is 1.76. The van der Waals surface area contributed by atoms with Crippen molar-refractivity contribution < 1.29 is 9.59 Å². The Hall–Kier alpha value is -3.00. The van der Waals surface area contributed by atoms with Crippen molar-refractivity contribution in [1.29, 1.82) is 0 Å². The van der Waals surface area contributed by atoms with Crippen LogP contribution >= 0.6 is 11.3 Å². The molecule has 0 aliphatic carbocycles. The first kappa shape index (κ1) is 17.8. The first-order chi connectivity index (χ1) is 12.3. The molecule has 7 nitrogen and oxygen atoms in total. The number of nitrogens with one attached hydrogen (secondary N) is 2. The van der Waals surface area contributed by atoms with Crippen LogP contribution in [0.2, 0.25) is 0 Å². The molecule has 0 saturated heterocycles. The molecule has 0 saturated carbocycles. The number of amides is 1. The summed E-state index contributed by atoms with van der Waals surface area (Å²) < 4.78 is 1.36. The minimum Gasteiger partial charge on any atom is -0.326 e. The van der Waals surface area contributed by atoms with Crippen LogP contribution in [0.15, 0.2) is 34.4 Å². The fraction of sp³-hybridized carbons (Fsp3) is 0.222. The lowest BCUT2D eigenvalue weighted by molar-refractivity contribution is -0.115. The number of ketones is 1. The van der Waals surface area contributed by atoms with E-state index in [2.05, 4.69) is 15.4 Å². The predicted molar refractivity (Wildman–Crippen MR) is 100 cm³/mol. The molecule has 0 unspecified atom stereocenters. The highest BCUT2D eigenvalue weighted by atomic mass is 32.1. The van der Waals surface area contributed by atoms with Crippen LogP contribution in [0, 0.1) is 13.8 Å². The van der Waals surface area contributed by atoms with Crippen LogP contribution in [-0.2, 0) is 11.2 Å². The van der Waals surface area contributed by atoms with E-state index >= 15 is 0 Å². The van der Waals surface area contributed by atoms with E-state index in [-0.39, 0.29) is 23.7 Å². The lowest BCUT2D eigenvalue weighted by Crippen LogP contribution is -2.22. The molecular formula is C18H18N4O3S. The molecule has 0 atom stereocenters. The summed E-state index contributed by atoms with van der Waals surface area (Å²) in [7, 11) is 0. The normalized spacial score (nSPS) is 10.7. The third-order valence-corrected chi connectivity index (χ3v) is 4.85. The predicted octanol–water partition coefficient (Wildman–Crippen LogP) is 2.62. The Bertz CT molecular complexity index is 1030. The SMILES string of the molecule is CC(=O)c1ccc(NC(=O)Cc2c(C)[nH]n(-c3nc(C)cs3)c2=O)cc1. The fourth-order valence-corrected chi connectivity index (χ4v) is 3.28. The number of rotatable bonds is 5. The van der Waals surface area contributed by atoms with Crippen molar-refractivity contribution in [3.8, 4) is 5.13 Å². The van der Waals surface area contributed by atoms with Gasteiger partial charge in [-0.25, -0.2) is 4.98 Å². The van der Waals surface area contributed by atoms with E-state index in [1.54, 1.807) is 31.2 Å². The Morgan fingerprint density at radius 2 is 1.92 bits per heavy atom. The number of nitrogens with zero attached hydrogens (tertiary/aromatic N) is 2. The zero-order valence-electron chi connectivity index (χ0n) is 14.6. The average Bonchev–Trinajstić information content (AvgIpc) is 3.13. The number of carbonyl (C=O) groups is 2. The first-order valence-electron chi connectivity index (χ1n) is 7.99. The number of benzene rings is 1. The molecule has 2 N–H and O–H groups in total. The zero-order chi connectivity index (χ0) is 18.8. The van der Waals surface area contributed by atoms with E-state index in [9.17, 15) is 14.4 Å². The Morgan fingerprint density at radius 1 is 1.23 bits per heavy atom. The summed E-state index contributed by atoms with van der Waals surface area (Å²) in [6.07, 6.45) is -0.0486. The Labute approximate surface area is 153 Å². The van der Waals surface area contributed by atoms with Crippen LogP contribution in [0.3, 0.4) is 0 Å². The maximum absolute atomic E-state index is 12.6. The lowest BCUT2D eigenvalue weighted by atomic mass is 10.1. The molecule has 1 aromatic carbocycles. The number of hydrogen-bond donors (Lipinski definition) is 2. The number of carbonyl (C=O) groups excluding carboxylic acids is 2. The van der Waals surface area contributed by atoms with Gasteiger partial charge < -0.3 is 5.32 Å². The highest BCUT2D eigenvalue weighted by Crippen LogP contribution is 2.14. The second kappa shape index (κ2) is 7.09. The molecule has 0 aliphatic heterocycles. The lowest BCUT2D eigenvalue weighted by Gasteiger charge is -2.05. The molecule has 1 amide bonds. The molecule has 0 fully saturated rings. The second-order valence-electron chi connectivity index (χ2n) is 5.99. The van der Waals surface area contributed by atoms with Gasteiger partial charge in [0.25, 0.3) is 5.56 Å². The Kier molecular flexibility index (Phi) is 4.85. The molecule has 0 bridgehead atoms. The second-order valence-corrected chi connectivity index (χ2v) is 6.82.